The van der Waals surface area contributed by atoms with E-state index < -0.39 is 17.5 Å². The van der Waals surface area contributed by atoms with Crippen LogP contribution < -0.4 is 5.32 Å². The number of carbonyl (C=O) groups is 3. The number of benzene rings is 2. The minimum absolute atomic E-state index is 0.257. The molecule has 1 saturated heterocycles. The summed E-state index contributed by atoms with van der Waals surface area (Å²) in [5, 5.41) is 2.79. The van der Waals surface area contributed by atoms with Gasteiger partial charge >= 0.3 is 6.03 Å². The number of nitrogens with one attached hydrogen (secondary N) is 1. The zero-order chi connectivity index (χ0) is 23.2. The van der Waals surface area contributed by atoms with Crippen molar-refractivity contribution in [1.82, 2.24) is 19.7 Å². The first-order valence-corrected chi connectivity index (χ1v) is 11.1. The van der Waals surface area contributed by atoms with E-state index in [1.807, 2.05) is 79.9 Å². The van der Waals surface area contributed by atoms with Crippen molar-refractivity contribution in [1.29, 1.82) is 0 Å². The van der Waals surface area contributed by atoms with E-state index in [-0.39, 0.29) is 18.5 Å². The van der Waals surface area contributed by atoms with Crippen molar-refractivity contribution in [3.8, 4) is 0 Å². The summed E-state index contributed by atoms with van der Waals surface area (Å²) in [6.45, 7) is 4.51. The molecule has 7 heteroatoms. The third-order valence-electron chi connectivity index (χ3n) is 6.67. The van der Waals surface area contributed by atoms with Gasteiger partial charge in [0.2, 0.25) is 5.91 Å². The maximum Gasteiger partial charge on any atom is 0.325 e. The van der Waals surface area contributed by atoms with Gasteiger partial charge in [-0.3, -0.25) is 14.5 Å². The summed E-state index contributed by atoms with van der Waals surface area (Å²) in [6.07, 6.45) is 2.01. The molecule has 168 valence electrons. The highest BCUT2D eigenvalue weighted by atomic mass is 16.2. The normalized spacial score (nSPS) is 22.3. The van der Waals surface area contributed by atoms with E-state index in [0.29, 0.717) is 18.7 Å². The van der Waals surface area contributed by atoms with E-state index in [9.17, 15) is 14.4 Å². The lowest BCUT2D eigenvalue weighted by Gasteiger charge is -2.38. The second-order valence-electron chi connectivity index (χ2n) is 8.84. The summed E-state index contributed by atoms with van der Waals surface area (Å²) in [4.78, 5) is 42.4. The molecule has 7 nitrogen and oxygen atoms in total. The summed E-state index contributed by atoms with van der Waals surface area (Å²) in [6, 6.07) is 20.5. The molecule has 0 saturated carbocycles. The lowest BCUT2D eigenvalue weighted by atomic mass is 9.91. The number of urea groups is 1. The Morgan fingerprint density at radius 2 is 1.73 bits per heavy atom. The Hall–Kier alpha value is -3.87. The number of carbonyl (C=O) groups excluding carboxylic acids is 3. The minimum Gasteiger partial charge on any atom is -0.348 e. The van der Waals surface area contributed by atoms with Crippen LogP contribution in [0.15, 0.2) is 72.9 Å². The van der Waals surface area contributed by atoms with Gasteiger partial charge in [0.15, 0.2) is 0 Å². The van der Waals surface area contributed by atoms with Gasteiger partial charge in [0, 0.05) is 25.0 Å². The number of amides is 4. The Kier molecular flexibility index (Phi) is 5.04. The van der Waals surface area contributed by atoms with Crippen LogP contribution in [0.5, 0.6) is 0 Å². The predicted molar refractivity (Wildman–Crippen MR) is 123 cm³/mol. The lowest BCUT2D eigenvalue weighted by molar-refractivity contribution is -0.140. The number of rotatable bonds is 4. The molecule has 2 aliphatic heterocycles. The Balaban J connectivity index is 1.41. The van der Waals surface area contributed by atoms with Crippen molar-refractivity contribution in [2.45, 2.75) is 32.0 Å². The largest absolute Gasteiger partial charge is 0.348 e. The topological polar surface area (TPSA) is 74.7 Å². The molecule has 3 aromatic rings. The van der Waals surface area contributed by atoms with Gasteiger partial charge < -0.3 is 14.8 Å². The molecule has 0 aliphatic carbocycles. The fourth-order valence-electron chi connectivity index (χ4n) is 4.79. The van der Waals surface area contributed by atoms with Gasteiger partial charge in [-0.2, -0.15) is 0 Å². The number of hydrogen-bond acceptors (Lipinski definition) is 3. The summed E-state index contributed by atoms with van der Waals surface area (Å²) < 4.78 is 2.14. The van der Waals surface area contributed by atoms with Gasteiger partial charge in [-0.15, -0.1) is 0 Å². The summed E-state index contributed by atoms with van der Waals surface area (Å²) in [7, 11) is 0. The van der Waals surface area contributed by atoms with Crippen molar-refractivity contribution < 1.29 is 14.4 Å². The van der Waals surface area contributed by atoms with Crippen LogP contribution in [0, 0.1) is 6.92 Å². The van der Waals surface area contributed by atoms with Gasteiger partial charge in [0.1, 0.15) is 12.1 Å². The number of hydrogen-bond donors (Lipinski definition) is 1. The Morgan fingerprint density at radius 3 is 2.45 bits per heavy atom. The highest BCUT2D eigenvalue weighted by Gasteiger charge is 2.50. The average Bonchev–Trinajstić information content (AvgIpc) is 3.38. The summed E-state index contributed by atoms with van der Waals surface area (Å²) in [5.41, 5.74) is 2.57. The van der Waals surface area contributed by atoms with Crippen LogP contribution in [0.4, 0.5) is 4.79 Å². The lowest BCUT2D eigenvalue weighted by Crippen LogP contribution is -2.48. The second kappa shape index (κ2) is 7.92. The SMILES string of the molecule is Cc1ccc(C2(C)NC(=O)N(CC(=O)N3CCn4cccc4C3c3ccccc3)C2=O)cc1. The van der Waals surface area contributed by atoms with E-state index >= 15 is 0 Å². The van der Waals surface area contributed by atoms with E-state index in [4.69, 9.17) is 0 Å². The fourth-order valence-corrected chi connectivity index (χ4v) is 4.79. The Bertz CT molecular complexity index is 1220. The number of fused-ring (bicyclic) bond motifs is 1. The smallest absolute Gasteiger partial charge is 0.325 e. The summed E-state index contributed by atoms with van der Waals surface area (Å²) in [5.74, 6) is -0.672. The van der Waals surface area contributed by atoms with Crippen LogP contribution in [-0.2, 0) is 21.7 Å². The van der Waals surface area contributed by atoms with E-state index in [1.165, 1.54) is 0 Å². The molecular weight excluding hydrogens is 416 g/mol. The van der Waals surface area contributed by atoms with Gasteiger partial charge in [-0.25, -0.2) is 4.79 Å². The first-order chi connectivity index (χ1) is 15.9. The van der Waals surface area contributed by atoms with Crippen LogP contribution in [0.2, 0.25) is 0 Å². The maximum absolute atomic E-state index is 13.5. The van der Waals surface area contributed by atoms with Crippen molar-refractivity contribution in [2.24, 2.45) is 0 Å². The zero-order valence-corrected chi connectivity index (χ0v) is 18.7. The molecule has 5 rings (SSSR count). The van der Waals surface area contributed by atoms with Gasteiger partial charge in [-0.05, 0) is 37.1 Å². The molecule has 3 heterocycles. The molecule has 0 spiro atoms. The van der Waals surface area contributed by atoms with Crippen LogP contribution >= 0.6 is 0 Å². The molecular formula is C26H26N4O3. The highest BCUT2D eigenvalue weighted by Crippen LogP contribution is 2.33. The van der Waals surface area contributed by atoms with Crippen LogP contribution in [-0.4, -0.2) is 45.3 Å². The molecule has 1 N–H and O–H groups in total. The van der Waals surface area contributed by atoms with Crippen LogP contribution in [0.1, 0.15) is 35.3 Å². The molecule has 4 amide bonds. The Labute approximate surface area is 192 Å². The molecule has 33 heavy (non-hydrogen) atoms. The fraction of sp³-hybridized carbons (Fsp3) is 0.269. The van der Waals surface area contributed by atoms with E-state index in [1.54, 1.807) is 11.8 Å². The first kappa shape index (κ1) is 21.0. The van der Waals surface area contributed by atoms with Crippen LogP contribution in [0.3, 0.4) is 0 Å². The van der Waals surface area contributed by atoms with Crippen molar-refractivity contribution in [3.63, 3.8) is 0 Å². The number of nitrogens with zero attached hydrogens (tertiary/aromatic N) is 3. The predicted octanol–water partition coefficient (Wildman–Crippen LogP) is 3.20. The number of imide groups is 1. The monoisotopic (exact) mass is 442 g/mol. The third-order valence-corrected chi connectivity index (χ3v) is 6.67. The van der Waals surface area contributed by atoms with Gasteiger partial charge in [-0.1, -0.05) is 60.2 Å². The van der Waals surface area contributed by atoms with Gasteiger partial charge in [0.05, 0.1) is 6.04 Å². The quantitative estimate of drug-likeness (QED) is 0.631. The summed E-state index contributed by atoms with van der Waals surface area (Å²) >= 11 is 0. The second-order valence-corrected chi connectivity index (χ2v) is 8.84. The minimum atomic E-state index is -1.19. The standard InChI is InChI=1S/C26H26N4O3/c1-18-10-12-20(13-11-18)26(2)24(32)30(25(33)27-26)17-22(31)29-16-15-28-14-6-9-21(28)23(29)19-7-4-3-5-8-19/h3-14,23H,15-17H2,1-2H3,(H,27,33). The van der Waals surface area contributed by atoms with Crippen molar-refractivity contribution in [3.05, 3.63) is 95.3 Å². The van der Waals surface area contributed by atoms with Crippen molar-refractivity contribution >= 4 is 17.8 Å². The van der Waals surface area contributed by atoms with E-state index in [2.05, 4.69) is 9.88 Å². The van der Waals surface area contributed by atoms with Crippen LogP contribution in [0.25, 0.3) is 0 Å². The molecule has 1 fully saturated rings. The molecule has 2 atom stereocenters. The van der Waals surface area contributed by atoms with Gasteiger partial charge in [0.25, 0.3) is 5.91 Å². The molecule has 1 aromatic heterocycles. The molecule has 0 radical (unpaired) electrons. The van der Waals surface area contributed by atoms with E-state index in [0.717, 1.165) is 21.7 Å². The number of aryl methyl sites for hydroxylation is 1. The molecule has 2 unspecified atom stereocenters. The average molecular weight is 443 g/mol. The highest BCUT2D eigenvalue weighted by molar-refractivity contribution is 6.09. The Morgan fingerprint density at radius 1 is 1.00 bits per heavy atom. The maximum atomic E-state index is 13.5. The number of aromatic nitrogens is 1. The third kappa shape index (κ3) is 3.50. The zero-order valence-electron chi connectivity index (χ0n) is 18.7. The molecule has 2 aromatic carbocycles. The molecule has 0 bridgehead atoms. The molecule has 2 aliphatic rings. The first-order valence-electron chi connectivity index (χ1n) is 11.1. The van der Waals surface area contributed by atoms with Crippen molar-refractivity contribution in [2.75, 3.05) is 13.1 Å².